The van der Waals surface area contributed by atoms with Crippen molar-refractivity contribution in [3.8, 4) is 0 Å². The van der Waals surface area contributed by atoms with Crippen molar-refractivity contribution >= 4 is 0 Å². The molecule has 0 saturated carbocycles. The lowest BCUT2D eigenvalue weighted by Crippen LogP contribution is -2.31. The van der Waals surface area contributed by atoms with Gasteiger partial charge >= 0.3 is 0 Å². The molecule has 1 N–H and O–H groups in total. The zero-order valence-electron chi connectivity index (χ0n) is 11.8. The molecule has 2 rings (SSSR count). The Morgan fingerprint density at radius 2 is 1.95 bits per heavy atom. The van der Waals surface area contributed by atoms with Gasteiger partial charge in [-0.1, -0.05) is 44.2 Å². The van der Waals surface area contributed by atoms with Crippen molar-refractivity contribution in [2.24, 2.45) is 0 Å². The fourth-order valence-electron chi connectivity index (χ4n) is 2.49. The molecule has 2 aromatic rings. The minimum absolute atomic E-state index is 0.311. The molecular weight excluding hydrogens is 234 g/mol. The number of rotatable bonds is 7. The Bertz CT molecular complexity index is 450. The number of hydrogen-bond acceptors (Lipinski definition) is 2. The smallest absolute Gasteiger partial charge is 0.0711 e. The van der Waals surface area contributed by atoms with Gasteiger partial charge in [-0.25, -0.2) is 0 Å². The first-order valence-corrected chi connectivity index (χ1v) is 7.14. The van der Waals surface area contributed by atoms with Crippen molar-refractivity contribution in [2.45, 2.75) is 38.8 Å². The minimum atomic E-state index is 0.311. The maximum absolute atomic E-state index is 4.42. The monoisotopic (exact) mass is 257 g/mol. The highest BCUT2D eigenvalue weighted by molar-refractivity contribution is 5.20. The van der Waals surface area contributed by atoms with Crippen LogP contribution in [-0.2, 0) is 0 Å². The molecule has 0 aliphatic heterocycles. The van der Waals surface area contributed by atoms with Crippen LogP contribution in [0.25, 0.3) is 0 Å². The van der Waals surface area contributed by atoms with E-state index in [4.69, 9.17) is 0 Å². The van der Waals surface area contributed by atoms with Crippen LogP contribution in [0.3, 0.4) is 0 Å². The Morgan fingerprint density at radius 1 is 1.16 bits per heavy atom. The van der Waals surface area contributed by atoms with Gasteiger partial charge in [0.25, 0.3) is 0 Å². The Balaban J connectivity index is 2.25. The van der Waals surface area contributed by atoms with Crippen LogP contribution in [0, 0.1) is 0 Å². The maximum Gasteiger partial charge on any atom is 0.0711 e. The molecule has 2 unspecified atom stereocenters. The van der Waals surface area contributed by atoms with Gasteiger partial charge in [-0.05, 0) is 31.0 Å². The van der Waals surface area contributed by atoms with E-state index in [0.29, 0.717) is 12.1 Å². The second kappa shape index (κ2) is 7.10. The first-order valence-electron chi connectivity index (χ1n) is 7.14. The van der Waals surface area contributed by atoms with Gasteiger partial charge in [-0.15, -0.1) is 0 Å². The highest BCUT2D eigenvalue weighted by atomic mass is 15.3. The third-order valence-electron chi connectivity index (χ3n) is 3.44. The van der Waals surface area contributed by atoms with Gasteiger partial charge in [0.2, 0.25) is 0 Å². The number of nitrogens with one attached hydrogen (secondary N) is 1. The van der Waals surface area contributed by atoms with E-state index in [1.54, 1.807) is 0 Å². The van der Waals surface area contributed by atoms with Crippen LogP contribution in [0.1, 0.15) is 44.3 Å². The van der Waals surface area contributed by atoms with E-state index in [9.17, 15) is 0 Å². The van der Waals surface area contributed by atoms with Crippen molar-refractivity contribution in [3.05, 3.63) is 54.4 Å². The standard InChI is InChI=1S/C16H23N3/c1-3-11-17-16(14-9-6-5-7-10-14)15(4-2)19-13-8-12-18-19/h5-10,12-13,15-17H,3-4,11H2,1-2H3. The molecule has 1 aromatic carbocycles. The molecule has 0 spiro atoms. The molecule has 2 atom stereocenters. The van der Waals surface area contributed by atoms with E-state index in [0.717, 1.165) is 19.4 Å². The SMILES string of the molecule is CCCNC(c1ccccc1)C(CC)n1cccn1. The molecule has 0 aliphatic carbocycles. The summed E-state index contributed by atoms with van der Waals surface area (Å²) in [5.41, 5.74) is 1.33. The third-order valence-corrected chi connectivity index (χ3v) is 3.44. The van der Waals surface area contributed by atoms with E-state index < -0.39 is 0 Å². The molecule has 3 heteroatoms. The summed E-state index contributed by atoms with van der Waals surface area (Å²) in [6.07, 6.45) is 6.10. The van der Waals surface area contributed by atoms with Gasteiger partial charge in [0.05, 0.1) is 12.1 Å². The summed E-state index contributed by atoms with van der Waals surface area (Å²) in [4.78, 5) is 0. The van der Waals surface area contributed by atoms with Crippen LogP contribution in [0.2, 0.25) is 0 Å². The van der Waals surface area contributed by atoms with Crippen molar-refractivity contribution < 1.29 is 0 Å². The summed E-state index contributed by atoms with van der Waals surface area (Å²) in [5.74, 6) is 0. The number of hydrogen-bond donors (Lipinski definition) is 1. The van der Waals surface area contributed by atoms with Gasteiger partial charge in [0.15, 0.2) is 0 Å². The van der Waals surface area contributed by atoms with E-state index in [1.165, 1.54) is 5.56 Å². The Kier molecular flexibility index (Phi) is 5.16. The molecule has 0 bridgehead atoms. The van der Waals surface area contributed by atoms with Gasteiger partial charge in [0, 0.05) is 12.4 Å². The van der Waals surface area contributed by atoms with Crippen LogP contribution >= 0.6 is 0 Å². The number of aromatic nitrogens is 2. The maximum atomic E-state index is 4.42. The van der Waals surface area contributed by atoms with Gasteiger partial charge in [-0.2, -0.15) is 5.10 Å². The fourth-order valence-corrected chi connectivity index (χ4v) is 2.49. The van der Waals surface area contributed by atoms with E-state index in [1.807, 2.05) is 12.3 Å². The summed E-state index contributed by atoms with van der Waals surface area (Å²) in [5, 5.41) is 8.08. The predicted octanol–water partition coefficient (Wildman–Crippen LogP) is 3.58. The largest absolute Gasteiger partial charge is 0.308 e. The molecule has 3 nitrogen and oxygen atoms in total. The van der Waals surface area contributed by atoms with E-state index in [-0.39, 0.29) is 0 Å². The lowest BCUT2D eigenvalue weighted by Gasteiger charge is -2.28. The average molecular weight is 257 g/mol. The summed E-state index contributed by atoms with van der Waals surface area (Å²) in [6.45, 7) is 5.44. The minimum Gasteiger partial charge on any atom is -0.308 e. The zero-order valence-corrected chi connectivity index (χ0v) is 11.8. The Morgan fingerprint density at radius 3 is 2.53 bits per heavy atom. The summed E-state index contributed by atoms with van der Waals surface area (Å²) in [7, 11) is 0. The van der Waals surface area contributed by atoms with Gasteiger partial charge in [0.1, 0.15) is 0 Å². The Hall–Kier alpha value is -1.61. The van der Waals surface area contributed by atoms with Gasteiger partial charge in [-0.3, -0.25) is 4.68 Å². The van der Waals surface area contributed by atoms with Crippen molar-refractivity contribution in [3.63, 3.8) is 0 Å². The predicted molar refractivity (Wildman–Crippen MR) is 79.0 cm³/mol. The quantitative estimate of drug-likeness (QED) is 0.821. The van der Waals surface area contributed by atoms with Crippen LogP contribution in [0.15, 0.2) is 48.8 Å². The third kappa shape index (κ3) is 3.44. The topological polar surface area (TPSA) is 29.9 Å². The molecule has 0 fully saturated rings. The highest BCUT2D eigenvalue weighted by Gasteiger charge is 2.22. The normalized spacial score (nSPS) is 14.2. The van der Waals surface area contributed by atoms with E-state index in [2.05, 4.69) is 65.5 Å². The summed E-state index contributed by atoms with van der Waals surface area (Å²) in [6, 6.07) is 13.3. The molecule has 0 radical (unpaired) electrons. The molecule has 19 heavy (non-hydrogen) atoms. The van der Waals surface area contributed by atoms with E-state index >= 15 is 0 Å². The second-order valence-electron chi connectivity index (χ2n) is 4.80. The lowest BCUT2D eigenvalue weighted by molar-refractivity contribution is 0.322. The molecule has 0 saturated heterocycles. The molecule has 1 aromatic heterocycles. The fraction of sp³-hybridized carbons (Fsp3) is 0.438. The molecular formula is C16H23N3. The van der Waals surface area contributed by atoms with Crippen molar-refractivity contribution in [1.82, 2.24) is 15.1 Å². The van der Waals surface area contributed by atoms with Crippen molar-refractivity contribution in [2.75, 3.05) is 6.54 Å². The molecule has 1 heterocycles. The Labute approximate surface area is 115 Å². The second-order valence-corrected chi connectivity index (χ2v) is 4.80. The van der Waals surface area contributed by atoms with Gasteiger partial charge < -0.3 is 5.32 Å². The average Bonchev–Trinajstić information content (AvgIpc) is 2.98. The summed E-state index contributed by atoms with van der Waals surface area (Å²) < 4.78 is 2.07. The highest BCUT2D eigenvalue weighted by Crippen LogP contribution is 2.28. The van der Waals surface area contributed by atoms with Crippen LogP contribution in [-0.4, -0.2) is 16.3 Å². The van der Waals surface area contributed by atoms with Crippen LogP contribution < -0.4 is 5.32 Å². The lowest BCUT2D eigenvalue weighted by atomic mass is 9.97. The molecule has 102 valence electrons. The van der Waals surface area contributed by atoms with Crippen molar-refractivity contribution in [1.29, 1.82) is 0 Å². The first kappa shape index (κ1) is 13.8. The molecule has 0 amide bonds. The molecule has 0 aliphatic rings. The van der Waals surface area contributed by atoms with Crippen LogP contribution in [0.5, 0.6) is 0 Å². The number of nitrogens with zero attached hydrogens (tertiary/aromatic N) is 2. The van der Waals surface area contributed by atoms with Crippen LogP contribution in [0.4, 0.5) is 0 Å². The number of benzene rings is 1. The first-order chi connectivity index (χ1) is 9.36. The summed E-state index contributed by atoms with van der Waals surface area (Å²) >= 11 is 0. The zero-order chi connectivity index (χ0) is 13.5.